The number of carbonyl (C=O) groups excluding carboxylic acids is 1. The summed E-state index contributed by atoms with van der Waals surface area (Å²) in [6.07, 6.45) is 5.67. The van der Waals surface area contributed by atoms with Crippen LogP contribution in [-0.4, -0.2) is 11.9 Å². The molecule has 0 aliphatic rings. The van der Waals surface area contributed by atoms with Gasteiger partial charge in [-0.1, -0.05) is 44.7 Å². The Morgan fingerprint density at radius 1 is 1.32 bits per heavy atom. The summed E-state index contributed by atoms with van der Waals surface area (Å²) in [5, 5.41) is 2.86. The zero-order valence-electron chi connectivity index (χ0n) is 12.1. The summed E-state index contributed by atoms with van der Waals surface area (Å²) in [5.41, 5.74) is 0.642. The summed E-state index contributed by atoms with van der Waals surface area (Å²) in [7, 11) is 0. The summed E-state index contributed by atoms with van der Waals surface area (Å²) >= 11 is 0. The molecule has 0 saturated heterocycles. The van der Waals surface area contributed by atoms with Crippen LogP contribution in [0.1, 0.15) is 61.9 Å². The molecule has 0 aliphatic heterocycles. The highest BCUT2D eigenvalue weighted by Crippen LogP contribution is 2.12. The standard InChI is InChI=1S/C16H24FNO/c1-4-5-6-7-10-13(3)18-16(19)14-11-8-9-12(2)15(14)17/h8-9,11,13H,4-7,10H2,1-3H3,(H,18,19). The molecule has 1 aromatic rings. The lowest BCUT2D eigenvalue weighted by Crippen LogP contribution is -2.33. The van der Waals surface area contributed by atoms with E-state index in [1.807, 2.05) is 6.92 Å². The fourth-order valence-corrected chi connectivity index (χ4v) is 2.07. The average molecular weight is 265 g/mol. The Hall–Kier alpha value is -1.38. The lowest BCUT2D eigenvalue weighted by atomic mass is 10.1. The van der Waals surface area contributed by atoms with Crippen LogP contribution in [0.2, 0.25) is 0 Å². The van der Waals surface area contributed by atoms with Crippen LogP contribution in [-0.2, 0) is 0 Å². The average Bonchev–Trinajstić information content (AvgIpc) is 2.38. The number of hydrogen-bond acceptors (Lipinski definition) is 1. The SMILES string of the molecule is CCCCCCC(C)NC(=O)c1cccc(C)c1F. The molecule has 0 heterocycles. The molecule has 19 heavy (non-hydrogen) atoms. The van der Waals surface area contributed by atoms with Crippen LogP contribution in [0.25, 0.3) is 0 Å². The number of aryl methyl sites for hydroxylation is 1. The molecule has 1 aromatic carbocycles. The van der Waals surface area contributed by atoms with Gasteiger partial charge in [-0.2, -0.15) is 0 Å². The van der Waals surface area contributed by atoms with Gasteiger partial charge in [0.15, 0.2) is 0 Å². The van der Waals surface area contributed by atoms with E-state index in [4.69, 9.17) is 0 Å². The number of rotatable bonds is 7. The third-order valence-electron chi connectivity index (χ3n) is 3.30. The molecule has 1 amide bonds. The molecule has 0 bridgehead atoms. The molecule has 0 radical (unpaired) electrons. The van der Waals surface area contributed by atoms with E-state index in [0.717, 1.165) is 12.8 Å². The Bertz CT molecular complexity index is 417. The molecule has 1 unspecified atom stereocenters. The van der Waals surface area contributed by atoms with E-state index in [1.165, 1.54) is 25.3 Å². The van der Waals surface area contributed by atoms with Gasteiger partial charge in [-0.3, -0.25) is 4.79 Å². The van der Waals surface area contributed by atoms with Crippen molar-refractivity contribution in [1.29, 1.82) is 0 Å². The molecule has 1 rings (SSSR count). The number of unbranched alkanes of at least 4 members (excludes halogenated alkanes) is 3. The van der Waals surface area contributed by atoms with Crippen LogP contribution in [0, 0.1) is 12.7 Å². The lowest BCUT2D eigenvalue weighted by molar-refractivity contribution is 0.0933. The van der Waals surface area contributed by atoms with E-state index in [9.17, 15) is 9.18 Å². The van der Waals surface area contributed by atoms with Gasteiger partial charge in [0.25, 0.3) is 5.91 Å². The van der Waals surface area contributed by atoms with Gasteiger partial charge < -0.3 is 5.32 Å². The lowest BCUT2D eigenvalue weighted by Gasteiger charge is -2.14. The molecule has 3 heteroatoms. The van der Waals surface area contributed by atoms with Crippen LogP contribution in [0.3, 0.4) is 0 Å². The molecular formula is C16H24FNO. The van der Waals surface area contributed by atoms with Gasteiger partial charge in [-0.15, -0.1) is 0 Å². The van der Waals surface area contributed by atoms with Gasteiger partial charge in [0.05, 0.1) is 5.56 Å². The highest BCUT2D eigenvalue weighted by atomic mass is 19.1. The number of benzene rings is 1. The number of nitrogens with one attached hydrogen (secondary N) is 1. The van der Waals surface area contributed by atoms with Gasteiger partial charge in [-0.05, 0) is 31.9 Å². The van der Waals surface area contributed by atoms with Gasteiger partial charge in [0.2, 0.25) is 0 Å². The minimum absolute atomic E-state index is 0.0873. The molecule has 1 atom stereocenters. The molecule has 2 nitrogen and oxygen atoms in total. The Balaban J connectivity index is 2.48. The normalized spacial score (nSPS) is 12.2. The van der Waals surface area contributed by atoms with Crippen LogP contribution in [0.4, 0.5) is 4.39 Å². The number of hydrogen-bond donors (Lipinski definition) is 1. The van der Waals surface area contributed by atoms with Crippen molar-refractivity contribution in [3.63, 3.8) is 0 Å². The topological polar surface area (TPSA) is 29.1 Å². The first kappa shape index (κ1) is 15.7. The van der Waals surface area contributed by atoms with Crippen molar-refractivity contribution in [3.8, 4) is 0 Å². The summed E-state index contributed by atoms with van der Waals surface area (Å²) < 4.78 is 13.8. The van der Waals surface area contributed by atoms with E-state index in [-0.39, 0.29) is 17.5 Å². The second-order valence-electron chi connectivity index (χ2n) is 5.16. The first-order valence-electron chi connectivity index (χ1n) is 7.12. The molecule has 0 aromatic heterocycles. The maximum Gasteiger partial charge on any atom is 0.254 e. The summed E-state index contributed by atoms with van der Waals surface area (Å²) in [4.78, 5) is 12.0. The summed E-state index contributed by atoms with van der Waals surface area (Å²) in [6.45, 7) is 5.81. The smallest absolute Gasteiger partial charge is 0.254 e. The van der Waals surface area contributed by atoms with Crippen molar-refractivity contribution in [3.05, 3.63) is 35.1 Å². The van der Waals surface area contributed by atoms with Crippen molar-refractivity contribution >= 4 is 5.91 Å². The third-order valence-corrected chi connectivity index (χ3v) is 3.30. The number of carbonyl (C=O) groups is 1. The highest BCUT2D eigenvalue weighted by Gasteiger charge is 2.14. The van der Waals surface area contributed by atoms with E-state index < -0.39 is 5.82 Å². The maximum absolute atomic E-state index is 13.8. The monoisotopic (exact) mass is 265 g/mol. The number of amides is 1. The van der Waals surface area contributed by atoms with Crippen molar-refractivity contribution in [1.82, 2.24) is 5.32 Å². The summed E-state index contributed by atoms with van der Waals surface area (Å²) in [5.74, 6) is -0.734. The van der Waals surface area contributed by atoms with E-state index in [2.05, 4.69) is 12.2 Å². The van der Waals surface area contributed by atoms with E-state index in [0.29, 0.717) is 5.56 Å². The first-order chi connectivity index (χ1) is 9.06. The molecule has 0 aliphatic carbocycles. The molecule has 0 saturated carbocycles. The fourth-order valence-electron chi connectivity index (χ4n) is 2.07. The highest BCUT2D eigenvalue weighted by molar-refractivity contribution is 5.94. The van der Waals surface area contributed by atoms with E-state index in [1.54, 1.807) is 19.1 Å². The van der Waals surface area contributed by atoms with Crippen molar-refractivity contribution in [2.24, 2.45) is 0 Å². The minimum Gasteiger partial charge on any atom is -0.349 e. The quantitative estimate of drug-likeness (QED) is 0.735. The molecular weight excluding hydrogens is 241 g/mol. The Morgan fingerprint density at radius 3 is 2.74 bits per heavy atom. The van der Waals surface area contributed by atoms with Gasteiger partial charge in [0, 0.05) is 6.04 Å². The van der Waals surface area contributed by atoms with Crippen molar-refractivity contribution in [2.45, 2.75) is 58.9 Å². The maximum atomic E-state index is 13.8. The zero-order valence-corrected chi connectivity index (χ0v) is 12.1. The largest absolute Gasteiger partial charge is 0.349 e. The van der Waals surface area contributed by atoms with Crippen LogP contribution < -0.4 is 5.32 Å². The minimum atomic E-state index is -0.418. The first-order valence-corrected chi connectivity index (χ1v) is 7.12. The van der Waals surface area contributed by atoms with Crippen LogP contribution in [0.5, 0.6) is 0 Å². The number of halogens is 1. The second kappa shape index (κ2) is 7.93. The van der Waals surface area contributed by atoms with Crippen LogP contribution >= 0.6 is 0 Å². The summed E-state index contributed by atoms with van der Waals surface area (Å²) in [6, 6.07) is 4.99. The van der Waals surface area contributed by atoms with Gasteiger partial charge in [0.1, 0.15) is 5.82 Å². The predicted octanol–water partition coefficient (Wildman–Crippen LogP) is 4.22. The van der Waals surface area contributed by atoms with Crippen molar-refractivity contribution < 1.29 is 9.18 Å². The Labute approximate surface area is 115 Å². The van der Waals surface area contributed by atoms with E-state index >= 15 is 0 Å². The fraction of sp³-hybridized carbons (Fsp3) is 0.562. The van der Waals surface area contributed by atoms with Crippen molar-refractivity contribution in [2.75, 3.05) is 0 Å². The predicted molar refractivity (Wildman–Crippen MR) is 76.8 cm³/mol. The molecule has 1 N–H and O–H groups in total. The molecule has 0 fully saturated rings. The van der Waals surface area contributed by atoms with Gasteiger partial charge in [-0.25, -0.2) is 4.39 Å². The third kappa shape index (κ3) is 5.01. The van der Waals surface area contributed by atoms with Crippen LogP contribution in [0.15, 0.2) is 18.2 Å². The second-order valence-corrected chi connectivity index (χ2v) is 5.16. The molecule has 0 spiro atoms. The van der Waals surface area contributed by atoms with Gasteiger partial charge >= 0.3 is 0 Å². The Morgan fingerprint density at radius 2 is 2.05 bits per heavy atom. The molecule has 106 valence electrons. The zero-order chi connectivity index (χ0) is 14.3. The Kier molecular flexibility index (Phi) is 6.54.